The molecular formula is C10H18O5. The van der Waals surface area contributed by atoms with Crippen molar-refractivity contribution in [3.63, 3.8) is 0 Å². The molecule has 5 heteroatoms. The fourth-order valence-corrected chi connectivity index (χ4v) is 2.79. The Labute approximate surface area is 88.3 Å². The molecule has 88 valence electrons. The first-order valence-electron chi connectivity index (χ1n) is 5.30. The molecule has 1 aliphatic heterocycles. The predicted octanol–water partition coefficient (Wildman–Crippen LogP) is -1.31. The lowest BCUT2D eigenvalue weighted by molar-refractivity contribution is -0.388. The zero-order chi connectivity index (χ0) is 11.4. The smallest absolute Gasteiger partial charge is 0.181 e. The maximum atomic E-state index is 10.1. The van der Waals surface area contributed by atoms with Gasteiger partial charge in [0.2, 0.25) is 0 Å². The van der Waals surface area contributed by atoms with Crippen LogP contribution in [0.5, 0.6) is 0 Å². The monoisotopic (exact) mass is 218 g/mol. The topological polar surface area (TPSA) is 90.2 Å². The molecule has 1 heterocycles. The lowest BCUT2D eigenvalue weighted by atomic mass is 9.79. The van der Waals surface area contributed by atoms with Crippen LogP contribution >= 0.6 is 0 Å². The van der Waals surface area contributed by atoms with E-state index in [0.29, 0.717) is 0 Å². The van der Waals surface area contributed by atoms with Crippen LogP contribution in [0.25, 0.3) is 0 Å². The maximum absolute atomic E-state index is 10.1. The first kappa shape index (κ1) is 11.3. The summed E-state index contributed by atoms with van der Waals surface area (Å²) in [6.45, 7) is 3.46. The molecule has 2 rings (SSSR count). The molecule has 0 amide bonds. The van der Waals surface area contributed by atoms with Crippen LogP contribution in [0.3, 0.4) is 0 Å². The Morgan fingerprint density at radius 1 is 1.27 bits per heavy atom. The highest BCUT2D eigenvalue weighted by Gasteiger charge is 2.70. The summed E-state index contributed by atoms with van der Waals surface area (Å²) in [5.74, 6) is -2.70. The molecule has 5 nitrogen and oxygen atoms in total. The molecule has 2 fully saturated rings. The standard InChI is InChI=1S/C10H18O5/c1-4(2)9-6-8(13)7(12)5(3-11)10(6,14)15-9/h4-9,11-14H,3H2,1-2H3/t5?,6?,7-,8-,9+,10?/m1/s1. The number of rotatable bonds is 2. The van der Waals surface area contributed by atoms with Crippen LogP contribution in [0.4, 0.5) is 0 Å². The van der Waals surface area contributed by atoms with E-state index in [0.717, 1.165) is 0 Å². The van der Waals surface area contributed by atoms with Crippen molar-refractivity contribution >= 4 is 0 Å². The minimum absolute atomic E-state index is 0.162. The highest BCUT2D eigenvalue weighted by Crippen LogP contribution is 2.54. The van der Waals surface area contributed by atoms with Gasteiger partial charge in [0.15, 0.2) is 5.79 Å². The molecule has 0 radical (unpaired) electrons. The van der Waals surface area contributed by atoms with Gasteiger partial charge in [-0.2, -0.15) is 0 Å². The second kappa shape index (κ2) is 3.40. The van der Waals surface area contributed by atoms with E-state index in [1.54, 1.807) is 0 Å². The third kappa shape index (κ3) is 1.28. The van der Waals surface area contributed by atoms with E-state index in [2.05, 4.69) is 0 Å². The SMILES string of the molecule is CC(C)[C@@H]1OC2(O)C(CO)[C@@H](O)[C@H](O)C12. The van der Waals surface area contributed by atoms with Gasteiger partial charge in [0.1, 0.15) is 0 Å². The Bertz CT molecular complexity index is 256. The van der Waals surface area contributed by atoms with Crippen molar-refractivity contribution in [3.8, 4) is 0 Å². The van der Waals surface area contributed by atoms with E-state index in [1.165, 1.54) is 0 Å². The summed E-state index contributed by atoms with van der Waals surface area (Å²) in [5.41, 5.74) is 0. The minimum atomic E-state index is -1.55. The first-order valence-corrected chi connectivity index (χ1v) is 5.30. The average Bonchev–Trinajstić information content (AvgIpc) is 2.25. The molecule has 6 atom stereocenters. The van der Waals surface area contributed by atoms with Crippen molar-refractivity contribution in [1.82, 2.24) is 0 Å². The predicted molar refractivity (Wildman–Crippen MR) is 50.7 cm³/mol. The van der Waals surface area contributed by atoms with Crippen molar-refractivity contribution in [1.29, 1.82) is 0 Å². The number of fused-ring (bicyclic) bond motifs is 1. The number of aliphatic hydroxyl groups is 4. The molecule has 15 heavy (non-hydrogen) atoms. The van der Waals surface area contributed by atoms with Gasteiger partial charge in [-0.1, -0.05) is 13.8 Å². The van der Waals surface area contributed by atoms with Crippen LogP contribution in [0.2, 0.25) is 0 Å². The Hall–Kier alpha value is -0.200. The van der Waals surface area contributed by atoms with Gasteiger partial charge in [-0.05, 0) is 5.92 Å². The van der Waals surface area contributed by atoms with E-state index in [1.807, 2.05) is 13.8 Å². The van der Waals surface area contributed by atoms with Crippen molar-refractivity contribution in [2.24, 2.45) is 17.8 Å². The Kier molecular flexibility index (Phi) is 2.56. The van der Waals surface area contributed by atoms with Crippen LogP contribution in [-0.2, 0) is 4.74 Å². The highest BCUT2D eigenvalue weighted by atomic mass is 16.7. The zero-order valence-corrected chi connectivity index (χ0v) is 8.87. The molecule has 0 spiro atoms. The summed E-state index contributed by atoms with van der Waals surface area (Å²) in [7, 11) is 0. The summed E-state index contributed by atoms with van der Waals surface area (Å²) in [6, 6.07) is 0. The molecule has 0 aromatic carbocycles. The second-order valence-electron chi connectivity index (χ2n) is 4.87. The zero-order valence-electron chi connectivity index (χ0n) is 8.87. The number of aliphatic hydroxyl groups excluding tert-OH is 3. The molecule has 1 saturated carbocycles. The van der Waals surface area contributed by atoms with Crippen molar-refractivity contribution in [3.05, 3.63) is 0 Å². The largest absolute Gasteiger partial charge is 0.396 e. The van der Waals surface area contributed by atoms with Crippen LogP contribution < -0.4 is 0 Å². The number of hydrogen-bond acceptors (Lipinski definition) is 5. The molecule has 3 unspecified atom stereocenters. The quantitative estimate of drug-likeness (QED) is 0.462. The lowest BCUT2D eigenvalue weighted by Crippen LogP contribution is -2.64. The molecule has 1 aliphatic carbocycles. The van der Waals surface area contributed by atoms with Gasteiger partial charge in [0, 0.05) is 0 Å². The summed E-state index contributed by atoms with van der Waals surface area (Å²) >= 11 is 0. The third-order valence-corrected chi connectivity index (χ3v) is 3.67. The van der Waals surface area contributed by atoms with E-state index >= 15 is 0 Å². The Morgan fingerprint density at radius 3 is 2.33 bits per heavy atom. The maximum Gasteiger partial charge on any atom is 0.181 e. The van der Waals surface area contributed by atoms with Crippen molar-refractivity contribution < 1.29 is 25.2 Å². The van der Waals surface area contributed by atoms with E-state index in [-0.39, 0.29) is 12.0 Å². The van der Waals surface area contributed by atoms with E-state index in [4.69, 9.17) is 9.84 Å². The average molecular weight is 218 g/mol. The van der Waals surface area contributed by atoms with Crippen molar-refractivity contribution in [2.75, 3.05) is 6.61 Å². The summed E-state index contributed by atoms with van der Waals surface area (Å²) < 4.78 is 5.33. The molecule has 0 aromatic rings. The highest BCUT2D eigenvalue weighted by molar-refractivity contribution is 5.12. The van der Waals surface area contributed by atoms with Gasteiger partial charge < -0.3 is 25.2 Å². The van der Waals surface area contributed by atoms with Crippen molar-refractivity contribution in [2.45, 2.75) is 37.9 Å². The van der Waals surface area contributed by atoms with Gasteiger partial charge >= 0.3 is 0 Å². The fraction of sp³-hybridized carbons (Fsp3) is 1.00. The summed E-state index contributed by atoms with van der Waals surface area (Å²) in [4.78, 5) is 0. The fourth-order valence-electron chi connectivity index (χ4n) is 2.79. The van der Waals surface area contributed by atoms with E-state index < -0.39 is 36.4 Å². The molecule has 4 N–H and O–H groups in total. The second-order valence-corrected chi connectivity index (χ2v) is 4.87. The van der Waals surface area contributed by atoms with Crippen LogP contribution in [0.1, 0.15) is 13.8 Å². The van der Waals surface area contributed by atoms with Gasteiger partial charge in [-0.15, -0.1) is 0 Å². The van der Waals surface area contributed by atoms with Gasteiger partial charge in [-0.3, -0.25) is 0 Å². The van der Waals surface area contributed by atoms with Gasteiger partial charge in [0.25, 0.3) is 0 Å². The van der Waals surface area contributed by atoms with Crippen LogP contribution in [0.15, 0.2) is 0 Å². The lowest BCUT2D eigenvalue weighted by Gasteiger charge is -2.51. The molecule has 2 aliphatic rings. The number of hydrogen-bond donors (Lipinski definition) is 4. The number of ether oxygens (including phenoxy) is 1. The van der Waals surface area contributed by atoms with E-state index in [9.17, 15) is 15.3 Å². The van der Waals surface area contributed by atoms with Crippen LogP contribution in [0, 0.1) is 17.8 Å². The summed E-state index contributed by atoms with van der Waals surface area (Å²) in [5, 5.41) is 38.5. The molecular weight excluding hydrogens is 200 g/mol. The Balaban J connectivity index is 2.22. The first-order chi connectivity index (χ1) is 6.93. The molecule has 0 aromatic heterocycles. The normalized spacial score (nSPS) is 54.2. The minimum Gasteiger partial charge on any atom is -0.396 e. The third-order valence-electron chi connectivity index (χ3n) is 3.67. The molecule has 1 saturated heterocycles. The Morgan fingerprint density at radius 2 is 1.87 bits per heavy atom. The van der Waals surface area contributed by atoms with Gasteiger partial charge in [-0.25, -0.2) is 0 Å². The summed E-state index contributed by atoms with van der Waals surface area (Å²) in [6.07, 6.45) is -2.39. The van der Waals surface area contributed by atoms with Gasteiger partial charge in [0.05, 0.1) is 36.8 Å². The van der Waals surface area contributed by atoms with Crippen LogP contribution in [-0.4, -0.2) is 51.1 Å². The molecule has 0 bridgehead atoms.